The zero-order chi connectivity index (χ0) is 19.5. The minimum atomic E-state index is -0.645. The molecule has 3 rings (SSSR count). The molecule has 6 nitrogen and oxygen atoms in total. The number of ether oxygens (including phenoxy) is 6. The van der Waals surface area contributed by atoms with E-state index in [0.29, 0.717) is 13.2 Å². The summed E-state index contributed by atoms with van der Waals surface area (Å²) in [5.41, 5.74) is 0. The highest BCUT2D eigenvalue weighted by Crippen LogP contribution is 2.41. The lowest BCUT2D eigenvalue weighted by Gasteiger charge is -2.29. The fourth-order valence-electron chi connectivity index (χ4n) is 4.15. The fourth-order valence-corrected chi connectivity index (χ4v) is 4.15. The van der Waals surface area contributed by atoms with Gasteiger partial charge in [0.1, 0.15) is 24.4 Å². The lowest BCUT2D eigenvalue weighted by atomic mass is 10.1. The van der Waals surface area contributed by atoms with Gasteiger partial charge in [-0.3, -0.25) is 0 Å². The van der Waals surface area contributed by atoms with E-state index in [9.17, 15) is 0 Å². The van der Waals surface area contributed by atoms with Crippen LogP contribution in [0.4, 0.5) is 0 Å². The van der Waals surface area contributed by atoms with E-state index in [1.165, 1.54) is 38.5 Å². The molecule has 158 valence electrons. The normalized spacial score (nSPS) is 37.0. The maximum Gasteiger partial charge on any atom is 0.190 e. The van der Waals surface area contributed by atoms with Crippen LogP contribution in [-0.2, 0) is 28.4 Å². The van der Waals surface area contributed by atoms with E-state index >= 15 is 0 Å². The van der Waals surface area contributed by atoms with Gasteiger partial charge in [0.2, 0.25) is 0 Å². The highest BCUT2D eigenvalue weighted by molar-refractivity contribution is 4.98. The van der Waals surface area contributed by atoms with Gasteiger partial charge in [-0.2, -0.15) is 0 Å². The summed E-state index contributed by atoms with van der Waals surface area (Å²) in [5.74, 6) is -1.23. The van der Waals surface area contributed by atoms with Gasteiger partial charge in [0.15, 0.2) is 17.9 Å². The lowest BCUT2D eigenvalue weighted by Crippen LogP contribution is -2.44. The highest BCUT2D eigenvalue weighted by Gasteiger charge is 2.58. The second-order valence-corrected chi connectivity index (χ2v) is 8.89. The van der Waals surface area contributed by atoms with Crippen molar-refractivity contribution in [2.75, 3.05) is 13.2 Å². The van der Waals surface area contributed by atoms with Crippen molar-refractivity contribution in [3.63, 3.8) is 0 Å². The minimum absolute atomic E-state index is 0.167. The van der Waals surface area contributed by atoms with Crippen molar-refractivity contribution >= 4 is 0 Å². The molecule has 0 aliphatic carbocycles. The number of unbranched alkanes of at least 4 members (excludes halogenated alkanes) is 6. The summed E-state index contributed by atoms with van der Waals surface area (Å²) >= 11 is 0. The SMILES string of the molecule is CCCCCCCCCO[C@@H]1[C@H]2OC(C)(C)O[C@H]2O[C@@H]1[C@@H]1COC(C)(C)O1. The number of rotatable bonds is 10. The Hall–Kier alpha value is -0.240. The third-order valence-electron chi connectivity index (χ3n) is 5.48. The van der Waals surface area contributed by atoms with E-state index in [4.69, 9.17) is 28.4 Å². The molecule has 3 saturated heterocycles. The molecule has 3 aliphatic rings. The zero-order valence-electron chi connectivity index (χ0n) is 17.7. The van der Waals surface area contributed by atoms with Gasteiger partial charge in [0, 0.05) is 6.61 Å². The van der Waals surface area contributed by atoms with Crippen LogP contribution in [0.15, 0.2) is 0 Å². The summed E-state index contributed by atoms with van der Waals surface area (Å²) in [7, 11) is 0. The van der Waals surface area contributed by atoms with Gasteiger partial charge in [-0.25, -0.2) is 0 Å². The molecule has 0 unspecified atom stereocenters. The molecule has 6 heteroatoms. The van der Waals surface area contributed by atoms with Crippen LogP contribution in [0, 0.1) is 0 Å². The Morgan fingerprint density at radius 2 is 1.52 bits per heavy atom. The van der Waals surface area contributed by atoms with Gasteiger partial charge in [-0.1, -0.05) is 45.4 Å². The molecule has 27 heavy (non-hydrogen) atoms. The molecule has 0 radical (unpaired) electrons. The Labute approximate surface area is 164 Å². The van der Waals surface area contributed by atoms with Crippen molar-refractivity contribution in [2.45, 2.75) is 122 Å². The first kappa shape index (κ1) is 21.5. The second kappa shape index (κ2) is 9.06. The van der Waals surface area contributed by atoms with Crippen LogP contribution in [0.3, 0.4) is 0 Å². The van der Waals surface area contributed by atoms with Gasteiger partial charge in [-0.05, 0) is 34.1 Å². The molecule has 0 amide bonds. The van der Waals surface area contributed by atoms with E-state index in [0.717, 1.165) is 6.42 Å². The summed E-state index contributed by atoms with van der Waals surface area (Å²) in [6.07, 6.45) is 7.61. The largest absolute Gasteiger partial charge is 0.372 e. The Bertz CT molecular complexity index is 466. The topological polar surface area (TPSA) is 55.4 Å². The minimum Gasteiger partial charge on any atom is -0.372 e. The van der Waals surface area contributed by atoms with Gasteiger partial charge in [0.25, 0.3) is 0 Å². The highest BCUT2D eigenvalue weighted by atomic mass is 16.8. The molecule has 0 N–H and O–H groups in total. The maximum atomic E-state index is 6.27. The first-order valence-corrected chi connectivity index (χ1v) is 10.8. The van der Waals surface area contributed by atoms with Crippen molar-refractivity contribution in [3.8, 4) is 0 Å². The third kappa shape index (κ3) is 5.64. The molecular formula is C21H38O6. The smallest absolute Gasteiger partial charge is 0.190 e. The molecule has 0 saturated carbocycles. The van der Waals surface area contributed by atoms with Gasteiger partial charge < -0.3 is 28.4 Å². The molecular weight excluding hydrogens is 348 g/mol. The average Bonchev–Trinajstić information content (AvgIpc) is 3.19. The molecule has 3 fully saturated rings. The van der Waals surface area contributed by atoms with Gasteiger partial charge >= 0.3 is 0 Å². The van der Waals surface area contributed by atoms with Crippen LogP contribution < -0.4 is 0 Å². The van der Waals surface area contributed by atoms with Crippen LogP contribution in [0.25, 0.3) is 0 Å². The molecule has 3 heterocycles. The molecule has 0 spiro atoms. The summed E-state index contributed by atoms with van der Waals surface area (Å²) in [4.78, 5) is 0. The van der Waals surface area contributed by atoms with Crippen LogP contribution in [-0.4, -0.2) is 55.5 Å². The number of fused-ring (bicyclic) bond motifs is 1. The van der Waals surface area contributed by atoms with Crippen LogP contribution in [0.2, 0.25) is 0 Å². The maximum absolute atomic E-state index is 6.27. The van der Waals surface area contributed by atoms with E-state index < -0.39 is 17.9 Å². The monoisotopic (exact) mass is 386 g/mol. The van der Waals surface area contributed by atoms with E-state index in [1.54, 1.807) is 0 Å². The first-order valence-electron chi connectivity index (χ1n) is 10.8. The van der Waals surface area contributed by atoms with Crippen molar-refractivity contribution in [1.29, 1.82) is 0 Å². The predicted molar refractivity (Wildman–Crippen MR) is 101 cm³/mol. The zero-order valence-corrected chi connectivity index (χ0v) is 17.7. The van der Waals surface area contributed by atoms with Crippen molar-refractivity contribution in [1.82, 2.24) is 0 Å². The van der Waals surface area contributed by atoms with Crippen molar-refractivity contribution in [3.05, 3.63) is 0 Å². The van der Waals surface area contributed by atoms with Crippen LogP contribution >= 0.6 is 0 Å². The number of hydrogen-bond acceptors (Lipinski definition) is 6. The first-order chi connectivity index (χ1) is 12.8. The molecule has 0 aromatic carbocycles. The molecule has 0 aromatic rings. The van der Waals surface area contributed by atoms with Crippen LogP contribution in [0.5, 0.6) is 0 Å². The summed E-state index contributed by atoms with van der Waals surface area (Å²) in [6, 6.07) is 0. The lowest BCUT2D eigenvalue weighted by molar-refractivity contribution is -0.236. The van der Waals surface area contributed by atoms with Crippen molar-refractivity contribution in [2.24, 2.45) is 0 Å². The summed E-state index contributed by atoms with van der Waals surface area (Å²) < 4.78 is 36.2. The summed E-state index contributed by atoms with van der Waals surface area (Å²) in [6.45, 7) is 11.1. The Morgan fingerprint density at radius 3 is 2.19 bits per heavy atom. The predicted octanol–water partition coefficient (Wildman–Crippen LogP) is 4.15. The van der Waals surface area contributed by atoms with Gasteiger partial charge in [0.05, 0.1) is 6.61 Å². The third-order valence-corrected chi connectivity index (χ3v) is 5.48. The quantitative estimate of drug-likeness (QED) is 0.526. The average molecular weight is 387 g/mol. The fraction of sp³-hybridized carbons (Fsp3) is 1.00. The standard InChI is InChI=1S/C21H38O6/c1-6-7-8-9-10-11-12-13-22-17-16(15-14-23-20(2,3)25-15)24-19-18(17)26-21(4,5)27-19/h15-19H,6-14H2,1-5H3/t15-,16+,17-,18+,19+/m0/s1. The van der Waals surface area contributed by atoms with Crippen LogP contribution in [0.1, 0.15) is 79.6 Å². The second-order valence-electron chi connectivity index (χ2n) is 8.89. The molecule has 0 aromatic heterocycles. The Morgan fingerprint density at radius 1 is 0.815 bits per heavy atom. The summed E-state index contributed by atoms with van der Waals surface area (Å²) in [5, 5.41) is 0. The van der Waals surface area contributed by atoms with Crippen molar-refractivity contribution < 1.29 is 28.4 Å². The molecule has 0 bridgehead atoms. The van der Waals surface area contributed by atoms with E-state index in [2.05, 4.69) is 6.92 Å². The number of hydrogen-bond donors (Lipinski definition) is 0. The molecule has 3 aliphatic heterocycles. The van der Waals surface area contributed by atoms with Gasteiger partial charge in [-0.15, -0.1) is 0 Å². The van der Waals surface area contributed by atoms with E-state index in [-0.39, 0.29) is 24.4 Å². The van der Waals surface area contributed by atoms with E-state index in [1.807, 2.05) is 27.7 Å². The Kier molecular flexibility index (Phi) is 7.20. The molecule has 5 atom stereocenters. The Balaban J connectivity index is 1.49.